The van der Waals surface area contributed by atoms with E-state index < -0.39 is 10.0 Å². The first-order chi connectivity index (χ1) is 13.3. The van der Waals surface area contributed by atoms with E-state index in [4.69, 9.17) is 0 Å². The lowest BCUT2D eigenvalue weighted by Gasteiger charge is -2.38. The maximum Gasteiger partial charge on any atom is 0.254 e. The molecule has 1 saturated heterocycles. The minimum absolute atomic E-state index is 0.0167. The van der Waals surface area contributed by atoms with E-state index in [1.54, 1.807) is 31.3 Å². The second kappa shape index (κ2) is 8.95. The van der Waals surface area contributed by atoms with Crippen molar-refractivity contribution >= 4 is 15.9 Å². The largest absolute Gasteiger partial charge is 0.335 e. The van der Waals surface area contributed by atoms with Gasteiger partial charge < -0.3 is 4.90 Å². The van der Waals surface area contributed by atoms with Crippen LogP contribution in [0.2, 0.25) is 0 Å². The molecule has 156 valence electrons. The molecule has 0 radical (unpaired) electrons. The molecule has 1 unspecified atom stereocenters. The molecule has 0 spiro atoms. The molecule has 1 aliphatic heterocycles. The van der Waals surface area contributed by atoms with Crippen LogP contribution in [0.25, 0.3) is 0 Å². The topological polar surface area (TPSA) is 57.7 Å². The highest BCUT2D eigenvalue weighted by molar-refractivity contribution is 7.89. The average Bonchev–Trinajstić information content (AvgIpc) is 2.73. The molecule has 1 aromatic rings. The van der Waals surface area contributed by atoms with Crippen molar-refractivity contribution in [3.8, 4) is 0 Å². The van der Waals surface area contributed by atoms with E-state index in [0.717, 1.165) is 51.5 Å². The average molecular weight is 407 g/mol. The summed E-state index contributed by atoms with van der Waals surface area (Å²) < 4.78 is 27.5. The van der Waals surface area contributed by atoms with E-state index >= 15 is 0 Å². The zero-order chi connectivity index (χ0) is 20.3. The molecule has 28 heavy (non-hydrogen) atoms. The first-order valence-electron chi connectivity index (χ1n) is 10.7. The molecule has 5 nitrogen and oxygen atoms in total. The quantitative estimate of drug-likeness (QED) is 0.733. The summed E-state index contributed by atoms with van der Waals surface area (Å²) in [6.45, 7) is 5.10. The van der Waals surface area contributed by atoms with Crippen molar-refractivity contribution in [1.82, 2.24) is 9.21 Å². The normalized spacial score (nSPS) is 22.0. The van der Waals surface area contributed by atoms with Crippen LogP contribution in [0.15, 0.2) is 29.2 Å². The van der Waals surface area contributed by atoms with Crippen LogP contribution in [0, 0.1) is 5.92 Å². The molecule has 6 heteroatoms. The maximum atomic E-state index is 13.0. The van der Waals surface area contributed by atoms with E-state index in [1.165, 1.54) is 10.7 Å². The number of likely N-dealkylation sites (tertiary alicyclic amines) is 1. The van der Waals surface area contributed by atoms with Gasteiger partial charge in [0.1, 0.15) is 0 Å². The second-order valence-electron chi connectivity index (χ2n) is 8.64. The number of sulfonamides is 1. The Labute approximate surface area is 170 Å². The lowest BCUT2D eigenvalue weighted by atomic mass is 9.92. The molecule has 1 aromatic carbocycles. The van der Waals surface area contributed by atoms with Gasteiger partial charge in [0.25, 0.3) is 5.91 Å². The number of carbonyl (C=O) groups excluding carboxylic acids is 1. The molecule has 1 aliphatic carbocycles. The zero-order valence-electron chi connectivity index (χ0n) is 17.4. The Morgan fingerprint density at radius 1 is 1.00 bits per heavy atom. The van der Waals surface area contributed by atoms with Gasteiger partial charge in [-0.2, -0.15) is 4.31 Å². The number of hydrogen-bond donors (Lipinski definition) is 0. The monoisotopic (exact) mass is 406 g/mol. The number of amides is 1. The van der Waals surface area contributed by atoms with Crippen molar-refractivity contribution < 1.29 is 13.2 Å². The lowest BCUT2D eigenvalue weighted by Crippen LogP contribution is -2.46. The summed E-state index contributed by atoms with van der Waals surface area (Å²) in [5.41, 5.74) is 0.576. The molecule has 1 atom stereocenters. The molecule has 1 saturated carbocycles. The number of hydrogen-bond acceptors (Lipinski definition) is 3. The predicted molar refractivity (Wildman–Crippen MR) is 112 cm³/mol. The van der Waals surface area contributed by atoms with Crippen LogP contribution in [0.5, 0.6) is 0 Å². The molecule has 1 amide bonds. The minimum Gasteiger partial charge on any atom is -0.335 e. The van der Waals surface area contributed by atoms with Gasteiger partial charge >= 0.3 is 0 Å². The number of piperidine rings is 1. The molecule has 0 N–H and O–H groups in total. The van der Waals surface area contributed by atoms with Crippen LogP contribution >= 0.6 is 0 Å². The maximum absolute atomic E-state index is 13.0. The van der Waals surface area contributed by atoms with Crippen LogP contribution in [-0.2, 0) is 10.0 Å². The fourth-order valence-electron chi connectivity index (χ4n) is 4.65. The van der Waals surface area contributed by atoms with Gasteiger partial charge in [-0.1, -0.05) is 33.1 Å². The summed E-state index contributed by atoms with van der Waals surface area (Å²) in [7, 11) is -1.84. The SMILES string of the molecule is CC(C)C1CCCCN1C(=O)c1ccc(S(=O)(=O)N(C)C2CCCCC2)cc1. The van der Waals surface area contributed by atoms with Crippen LogP contribution < -0.4 is 0 Å². The van der Waals surface area contributed by atoms with Gasteiger partial charge in [-0.05, 0) is 62.3 Å². The third-order valence-corrected chi connectivity index (χ3v) is 8.37. The lowest BCUT2D eigenvalue weighted by molar-refractivity contribution is 0.0543. The van der Waals surface area contributed by atoms with E-state index in [1.807, 2.05) is 4.90 Å². The molecular formula is C22H34N2O3S. The Kier molecular flexibility index (Phi) is 6.81. The van der Waals surface area contributed by atoms with Crippen LogP contribution in [-0.4, -0.2) is 49.2 Å². The Hall–Kier alpha value is -1.40. The summed E-state index contributed by atoms with van der Waals surface area (Å²) in [6, 6.07) is 6.89. The minimum atomic E-state index is -3.52. The second-order valence-corrected chi connectivity index (χ2v) is 10.6. The summed E-state index contributed by atoms with van der Waals surface area (Å²) >= 11 is 0. The molecule has 0 aromatic heterocycles. The fraction of sp³-hybridized carbons (Fsp3) is 0.682. The van der Waals surface area contributed by atoms with Crippen molar-refractivity contribution in [3.63, 3.8) is 0 Å². The Bertz CT molecular complexity index is 767. The van der Waals surface area contributed by atoms with Crippen molar-refractivity contribution in [1.29, 1.82) is 0 Å². The molecule has 3 rings (SSSR count). The van der Waals surface area contributed by atoms with Gasteiger partial charge in [-0.3, -0.25) is 4.79 Å². The van der Waals surface area contributed by atoms with E-state index in [-0.39, 0.29) is 22.9 Å². The highest BCUT2D eigenvalue weighted by Crippen LogP contribution is 2.28. The first-order valence-corrected chi connectivity index (χ1v) is 12.2. The molecule has 2 fully saturated rings. The Morgan fingerprint density at radius 2 is 1.61 bits per heavy atom. The van der Waals surface area contributed by atoms with E-state index in [0.29, 0.717) is 11.5 Å². The summed E-state index contributed by atoms with van der Waals surface area (Å²) in [5.74, 6) is 0.441. The predicted octanol–water partition coefficient (Wildman–Crippen LogP) is 4.29. The number of benzene rings is 1. The Balaban J connectivity index is 1.76. The van der Waals surface area contributed by atoms with E-state index in [2.05, 4.69) is 13.8 Å². The molecule has 0 bridgehead atoms. The highest BCUT2D eigenvalue weighted by Gasteiger charge is 2.31. The van der Waals surface area contributed by atoms with Crippen LogP contribution in [0.4, 0.5) is 0 Å². The fourth-order valence-corrected chi connectivity index (χ4v) is 6.06. The number of nitrogens with zero attached hydrogens (tertiary/aromatic N) is 2. The summed E-state index contributed by atoms with van der Waals surface area (Å²) in [5, 5.41) is 0. The molecule has 2 aliphatic rings. The zero-order valence-corrected chi connectivity index (χ0v) is 18.2. The molecule has 1 heterocycles. The van der Waals surface area contributed by atoms with Crippen molar-refractivity contribution in [2.45, 2.75) is 82.2 Å². The van der Waals surface area contributed by atoms with Gasteiger partial charge in [-0.15, -0.1) is 0 Å². The molecular weight excluding hydrogens is 372 g/mol. The van der Waals surface area contributed by atoms with E-state index in [9.17, 15) is 13.2 Å². The third-order valence-electron chi connectivity index (χ3n) is 6.45. The van der Waals surface area contributed by atoms with Gasteiger partial charge in [0, 0.05) is 31.2 Å². The Morgan fingerprint density at radius 3 is 2.21 bits per heavy atom. The first kappa shape index (κ1) is 21.3. The van der Waals surface area contributed by atoms with Gasteiger partial charge in [0.2, 0.25) is 10.0 Å². The number of carbonyl (C=O) groups is 1. The highest BCUT2D eigenvalue weighted by atomic mass is 32.2. The summed E-state index contributed by atoms with van der Waals surface area (Å²) in [6.07, 6.45) is 8.47. The van der Waals surface area contributed by atoms with Crippen LogP contribution in [0.3, 0.4) is 0 Å². The van der Waals surface area contributed by atoms with Gasteiger partial charge in [-0.25, -0.2) is 8.42 Å². The third kappa shape index (κ3) is 4.43. The van der Waals surface area contributed by atoms with Crippen molar-refractivity contribution in [2.75, 3.05) is 13.6 Å². The van der Waals surface area contributed by atoms with Gasteiger partial charge in [0.15, 0.2) is 0 Å². The summed E-state index contributed by atoms with van der Waals surface area (Å²) in [4.78, 5) is 15.3. The van der Waals surface area contributed by atoms with Gasteiger partial charge in [0.05, 0.1) is 4.90 Å². The van der Waals surface area contributed by atoms with Crippen LogP contribution in [0.1, 0.15) is 75.6 Å². The van der Waals surface area contributed by atoms with Crippen molar-refractivity contribution in [2.24, 2.45) is 5.92 Å². The standard InChI is InChI=1S/C22H34N2O3S/c1-17(2)21-11-7-8-16-24(21)22(25)18-12-14-20(15-13-18)28(26,27)23(3)19-9-5-4-6-10-19/h12-15,17,19,21H,4-11,16H2,1-3H3. The number of rotatable bonds is 5. The van der Waals surface area contributed by atoms with Crippen molar-refractivity contribution in [3.05, 3.63) is 29.8 Å². The smallest absolute Gasteiger partial charge is 0.254 e.